The second kappa shape index (κ2) is 7.17. The summed E-state index contributed by atoms with van der Waals surface area (Å²) < 4.78 is 5.48. The van der Waals surface area contributed by atoms with Crippen LogP contribution in [0.2, 0.25) is 5.02 Å². The van der Waals surface area contributed by atoms with Crippen LogP contribution < -0.4 is 10.1 Å². The number of benzene rings is 2. The summed E-state index contributed by atoms with van der Waals surface area (Å²) >= 11 is 5.85. The van der Waals surface area contributed by atoms with Gasteiger partial charge < -0.3 is 10.1 Å². The van der Waals surface area contributed by atoms with Crippen LogP contribution in [0.15, 0.2) is 48.5 Å². The monoisotopic (exact) mass is 275 g/mol. The number of rotatable bonds is 6. The van der Waals surface area contributed by atoms with Gasteiger partial charge in [0.25, 0.3) is 0 Å². The lowest BCUT2D eigenvalue weighted by Gasteiger charge is -2.08. The van der Waals surface area contributed by atoms with Gasteiger partial charge in [-0.05, 0) is 42.3 Å². The van der Waals surface area contributed by atoms with E-state index in [-0.39, 0.29) is 0 Å². The zero-order valence-electron chi connectivity index (χ0n) is 11.0. The van der Waals surface area contributed by atoms with Crippen LogP contribution in [-0.2, 0) is 13.1 Å². The van der Waals surface area contributed by atoms with Gasteiger partial charge in [0.05, 0.1) is 6.61 Å². The van der Waals surface area contributed by atoms with Crippen LogP contribution in [0.4, 0.5) is 0 Å². The molecule has 2 rings (SSSR count). The van der Waals surface area contributed by atoms with E-state index in [2.05, 4.69) is 17.4 Å². The zero-order valence-corrected chi connectivity index (χ0v) is 11.8. The van der Waals surface area contributed by atoms with Gasteiger partial charge in [0.1, 0.15) is 5.75 Å². The quantitative estimate of drug-likeness (QED) is 0.859. The number of halogens is 1. The summed E-state index contributed by atoms with van der Waals surface area (Å²) in [6.07, 6.45) is 0. The molecule has 0 aliphatic rings. The minimum atomic E-state index is 0.696. The molecule has 0 radical (unpaired) electrons. The van der Waals surface area contributed by atoms with Gasteiger partial charge in [-0.15, -0.1) is 0 Å². The van der Waals surface area contributed by atoms with Gasteiger partial charge in [-0.25, -0.2) is 0 Å². The standard InChI is InChI=1S/C16H18ClNO/c1-2-19-16-5-3-4-14(10-16)12-18-11-13-6-8-15(17)9-7-13/h3-10,18H,2,11-12H2,1H3. The Labute approximate surface area is 119 Å². The summed E-state index contributed by atoms with van der Waals surface area (Å²) in [4.78, 5) is 0. The Morgan fingerprint density at radius 3 is 2.47 bits per heavy atom. The predicted molar refractivity (Wildman–Crippen MR) is 79.6 cm³/mol. The Morgan fingerprint density at radius 2 is 1.74 bits per heavy atom. The number of hydrogen-bond donors (Lipinski definition) is 1. The molecule has 19 heavy (non-hydrogen) atoms. The highest BCUT2D eigenvalue weighted by atomic mass is 35.5. The second-order valence-corrected chi connectivity index (χ2v) is 4.75. The Hall–Kier alpha value is -1.51. The predicted octanol–water partition coefficient (Wildman–Crippen LogP) is 4.03. The van der Waals surface area contributed by atoms with Gasteiger partial charge in [-0.1, -0.05) is 35.9 Å². The molecule has 0 spiro atoms. The number of nitrogens with one attached hydrogen (secondary N) is 1. The van der Waals surface area contributed by atoms with Gasteiger partial charge >= 0.3 is 0 Å². The molecule has 0 aromatic heterocycles. The van der Waals surface area contributed by atoms with Crippen molar-refractivity contribution in [3.05, 3.63) is 64.7 Å². The molecule has 0 saturated carbocycles. The molecule has 3 heteroatoms. The molecular formula is C16H18ClNO. The first-order chi connectivity index (χ1) is 9.28. The fourth-order valence-electron chi connectivity index (χ4n) is 1.87. The Bertz CT molecular complexity index is 510. The fraction of sp³-hybridized carbons (Fsp3) is 0.250. The normalized spacial score (nSPS) is 10.4. The van der Waals surface area contributed by atoms with Crippen molar-refractivity contribution in [2.45, 2.75) is 20.0 Å². The summed E-state index contributed by atoms with van der Waals surface area (Å²) in [6, 6.07) is 16.0. The first kappa shape index (κ1) is 13.9. The third kappa shape index (κ3) is 4.58. The van der Waals surface area contributed by atoms with Crippen molar-refractivity contribution in [3.63, 3.8) is 0 Å². The summed E-state index contributed by atoms with van der Waals surface area (Å²) in [5.41, 5.74) is 2.45. The van der Waals surface area contributed by atoms with Gasteiger partial charge in [-0.2, -0.15) is 0 Å². The number of hydrogen-bond acceptors (Lipinski definition) is 2. The first-order valence-electron chi connectivity index (χ1n) is 6.45. The average Bonchev–Trinajstić information content (AvgIpc) is 2.42. The summed E-state index contributed by atoms with van der Waals surface area (Å²) in [5, 5.41) is 4.18. The van der Waals surface area contributed by atoms with Crippen LogP contribution >= 0.6 is 11.6 Å². The van der Waals surface area contributed by atoms with E-state index in [4.69, 9.17) is 16.3 Å². The minimum Gasteiger partial charge on any atom is -0.494 e. The molecule has 2 aromatic carbocycles. The van der Waals surface area contributed by atoms with Crippen molar-refractivity contribution in [3.8, 4) is 5.75 Å². The third-order valence-electron chi connectivity index (χ3n) is 2.78. The van der Waals surface area contributed by atoms with Crippen molar-refractivity contribution in [1.82, 2.24) is 5.32 Å². The SMILES string of the molecule is CCOc1cccc(CNCc2ccc(Cl)cc2)c1. The van der Waals surface area contributed by atoms with Gasteiger partial charge in [0.2, 0.25) is 0 Å². The molecule has 0 bridgehead atoms. The minimum absolute atomic E-state index is 0.696. The van der Waals surface area contributed by atoms with Crippen LogP contribution in [0, 0.1) is 0 Å². The average molecular weight is 276 g/mol. The lowest BCUT2D eigenvalue weighted by Crippen LogP contribution is -2.12. The highest BCUT2D eigenvalue weighted by Gasteiger charge is 1.97. The molecule has 0 unspecified atom stereocenters. The highest BCUT2D eigenvalue weighted by molar-refractivity contribution is 6.30. The van der Waals surface area contributed by atoms with Crippen LogP contribution in [0.5, 0.6) is 5.75 Å². The molecule has 0 atom stereocenters. The molecule has 0 fully saturated rings. The molecule has 100 valence electrons. The Balaban J connectivity index is 1.85. The molecule has 0 amide bonds. The van der Waals surface area contributed by atoms with Crippen molar-refractivity contribution in [2.24, 2.45) is 0 Å². The third-order valence-corrected chi connectivity index (χ3v) is 3.03. The molecule has 0 heterocycles. The maximum absolute atomic E-state index is 5.85. The van der Waals surface area contributed by atoms with Crippen molar-refractivity contribution in [2.75, 3.05) is 6.61 Å². The second-order valence-electron chi connectivity index (χ2n) is 4.31. The van der Waals surface area contributed by atoms with E-state index in [0.717, 1.165) is 23.9 Å². The summed E-state index contributed by atoms with van der Waals surface area (Å²) in [5.74, 6) is 0.924. The van der Waals surface area contributed by atoms with Crippen molar-refractivity contribution >= 4 is 11.6 Å². The molecule has 2 aromatic rings. The molecule has 2 nitrogen and oxygen atoms in total. The van der Waals surface area contributed by atoms with Gasteiger partial charge in [0.15, 0.2) is 0 Å². The van der Waals surface area contributed by atoms with E-state index in [0.29, 0.717) is 6.61 Å². The lowest BCUT2D eigenvalue weighted by atomic mass is 10.2. The topological polar surface area (TPSA) is 21.3 Å². The maximum Gasteiger partial charge on any atom is 0.119 e. The van der Waals surface area contributed by atoms with Crippen molar-refractivity contribution < 1.29 is 4.74 Å². The van der Waals surface area contributed by atoms with Gasteiger partial charge in [-0.3, -0.25) is 0 Å². The largest absolute Gasteiger partial charge is 0.494 e. The Morgan fingerprint density at radius 1 is 1.00 bits per heavy atom. The Kier molecular flexibility index (Phi) is 5.25. The highest BCUT2D eigenvalue weighted by Crippen LogP contribution is 2.13. The lowest BCUT2D eigenvalue weighted by molar-refractivity contribution is 0.340. The maximum atomic E-state index is 5.85. The van der Waals surface area contributed by atoms with Crippen molar-refractivity contribution in [1.29, 1.82) is 0 Å². The van der Waals surface area contributed by atoms with E-state index >= 15 is 0 Å². The van der Waals surface area contributed by atoms with Crippen LogP contribution in [0.25, 0.3) is 0 Å². The fourth-order valence-corrected chi connectivity index (χ4v) is 1.99. The summed E-state index contributed by atoms with van der Waals surface area (Å²) in [6.45, 7) is 4.34. The van der Waals surface area contributed by atoms with E-state index in [1.807, 2.05) is 43.3 Å². The van der Waals surface area contributed by atoms with Crippen LogP contribution in [0.1, 0.15) is 18.1 Å². The molecule has 0 saturated heterocycles. The first-order valence-corrected chi connectivity index (χ1v) is 6.82. The molecule has 1 N–H and O–H groups in total. The smallest absolute Gasteiger partial charge is 0.119 e. The van der Waals surface area contributed by atoms with E-state index in [9.17, 15) is 0 Å². The van der Waals surface area contributed by atoms with Crippen LogP contribution in [0.3, 0.4) is 0 Å². The van der Waals surface area contributed by atoms with E-state index < -0.39 is 0 Å². The zero-order chi connectivity index (χ0) is 13.5. The van der Waals surface area contributed by atoms with Gasteiger partial charge in [0, 0.05) is 18.1 Å². The van der Waals surface area contributed by atoms with E-state index in [1.54, 1.807) is 0 Å². The van der Waals surface area contributed by atoms with Crippen LogP contribution in [-0.4, -0.2) is 6.61 Å². The molecular weight excluding hydrogens is 258 g/mol. The summed E-state index contributed by atoms with van der Waals surface area (Å²) in [7, 11) is 0. The number of ether oxygens (including phenoxy) is 1. The molecule has 0 aliphatic heterocycles. The molecule has 0 aliphatic carbocycles. The van der Waals surface area contributed by atoms with E-state index in [1.165, 1.54) is 11.1 Å².